The van der Waals surface area contributed by atoms with E-state index in [1.54, 1.807) is 18.2 Å². The molecule has 2 aromatic rings. The number of carbonyl (C=O) groups is 1. The first-order valence-corrected chi connectivity index (χ1v) is 10.5. The third-order valence-corrected chi connectivity index (χ3v) is 6.68. The van der Waals surface area contributed by atoms with Crippen LogP contribution in [0, 0.1) is 0 Å². The van der Waals surface area contributed by atoms with Crippen molar-refractivity contribution in [2.45, 2.75) is 11.4 Å². The van der Waals surface area contributed by atoms with E-state index in [-0.39, 0.29) is 35.8 Å². The van der Waals surface area contributed by atoms with Crippen LogP contribution in [0.1, 0.15) is 15.9 Å². The Bertz CT molecular complexity index is 959. The molecule has 1 fully saturated rings. The maximum Gasteiger partial charge on any atom is 0.255 e. The van der Waals surface area contributed by atoms with Crippen molar-refractivity contribution in [2.24, 2.45) is 0 Å². The van der Waals surface area contributed by atoms with Crippen molar-refractivity contribution in [3.63, 3.8) is 0 Å². The van der Waals surface area contributed by atoms with Crippen LogP contribution in [0.4, 0.5) is 0 Å². The lowest BCUT2D eigenvalue weighted by Gasteiger charge is -2.26. The standard InChI is InChI=1S/C19H21ClN2O5S/c1-26-18-7-6-15(28(24,25)22-8-10-27-11-9-22)12-16(18)19(23)21-13-14-4-2-3-5-17(14)20/h2-7,12H,8-11,13H2,1H3,(H,21,23). The second-order valence-corrected chi connectivity index (χ2v) is 8.50. The summed E-state index contributed by atoms with van der Waals surface area (Å²) in [5.41, 5.74) is 0.900. The number of rotatable bonds is 6. The first kappa shape index (κ1) is 20.6. The normalized spacial score (nSPS) is 15.2. The molecule has 1 heterocycles. The van der Waals surface area contributed by atoms with Gasteiger partial charge < -0.3 is 14.8 Å². The smallest absolute Gasteiger partial charge is 0.255 e. The molecule has 0 spiro atoms. The van der Waals surface area contributed by atoms with Crippen molar-refractivity contribution in [1.82, 2.24) is 9.62 Å². The number of morpholine rings is 1. The summed E-state index contributed by atoms with van der Waals surface area (Å²) in [6.07, 6.45) is 0. The minimum atomic E-state index is -3.72. The van der Waals surface area contributed by atoms with Gasteiger partial charge in [0.05, 0.1) is 30.8 Å². The SMILES string of the molecule is COc1ccc(S(=O)(=O)N2CCOCC2)cc1C(=O)NCc1ccccc1Cl. The molecule has 0 aromatic heterocycles. The number of halogens is 1. The van der Waals surface area contributed by atoms with Crippen LogP contribution in [0.5, 0.6) is 5.75 Å². The van der Waals surface area contributed by atoms with E-state index in [1.807, 2.05) is 6.07 Å². The number of hydrogen-bond donors (Lipinski definition) is 1. The number of nitrogens with one attached hydrogen (secondary N) is 1. The van der Waals surface area contributed by atoms with Crippen molar-refractivity contribution in [3.8, 4) is 5.75 Å². The second kappa shape index (κ2) is 8.91. The Labute approximate surface area is 169 Å². The van der Waals surface area contributed by atoms with Crippen molar-refractivity contribution in [2.75, 3.05) is 33.4 Å². The van der Waals surface area contributed by atoms with Gasteiger partial charge in [0.15, 0.2) is 0 Å². The number of amides is 1. The zero-order chi connectivity index (χ0) is 20.1. The molecule has 1 N–H and O–H groups in total. The van der Waals surface area contributed by atoms with Crippen LogP contribution in [-0.2, 0) is 21.3 Å². The summed E-state index contributed by atoms with van der Waals surface area (Å²) in [5, 5.41) is 3.30. The maximum absolute atomic E-state index is 12.9. The van der Waals surface area contributed by atoms with Gasteiger partial charge in [-0.1, -0.05) is 29.8 Å². The number of hydrogen-bond acceptors (Lipinski definition) is 5. The molecule has 0 aliphatic carbocycles. The number of sulfonamides is 1. The van der Waals surface area contributed by atoms with Crippen LogP contribution in [0.15, 0.2) is 47.4 Å². The Hall–Kier alpha value is -2.13. The summed E-state index contributed by atoms with van der Waals surface area (Å²) in [6, 6.07) is 11.4. The van der Waals surface area contributed by atoms with E-state index in [0.717, 1.165) is 5.56 Å². The molecule has 28 heavy (non-hydrogen) atoms. The third kappa shape index (κ3) is 4.47. The van der Waals surface area contributed by atoms with E-state index in [2.05, 4.69) is 5.32 Å². The summed E-state index contributed by atoms with van der Waals surface area (Å²) in [5.74, 6) is -0.159. The summed E-state index contributed by atoms with van der Waals surface area (Å²) in [7, 11) is -2.29. The van der Waals surface area contributed by atoms with Gasteiger partial charge in [-0.2, -0.15) is 4.31 Å². The minimum Gasteiger partial charge on any atom is -0.496 e. The molecule has 9 heteroatoms. The summed E-state index contributed by atoms with van der Waals surface area (Å²) in [4.78, 5) is 12.7. The molecule has 7 nitrogen and oxygen atoms in total. The van der Waals surface area contributed by atoms with Gasteiger partial charge in [-0.3, -0.25) is 4.79 Å². The highest BCUT2D eigenvalue weighted by atomic mass is 35.5. The fourth-order valence-corrected chi connectivity index (χ4v) is 4.51. The van der Waals surface area contributed by atoms with Gasteiger partial charge in [0, 0.05) is 24.7 Å². The van der Waals surface area contributed by atoms with E-state index in [4.69, 9.17) is 21.1 Å². The molecule has 2 aromatic carbocycles. The first-order valence-electron chi connectivity index (χ1n) is 8.71. The third-order valence-electron chi connectivity index (χ3n) is 4.42. The van der Waals surface area contributed by atoms with Crippen LogP contribution < -0.4 is 10.1 Å². The number of methoxy groups -OCH3 is 1. The molecule has 1 amide bonds. The number of carbonyl (C=O) groups excluding carboxylic acids is 1. The molecule has 3 rings (SSSR count). The highest BCUT2D eigenvalue weighted by Crippen LogP contribution is 2.25. The Morgan fingerprint density at radius 2 is 1.93 bits per heavy atom. The van der Waals surface area contributed by atoms with E-state index in [9.17, 15) is 13.2 Å². The molecular weight excluding hydrogens is 404 g/mol. The van der Waals surface area contributed by atoms with Crippen LogP contribution in [0.2, 0.25) is 5.02 Å². The van der Waals surface area contributed by atoms with Gasteiger partial charge >= 0.3 is 0 Å². The summed E-state index contributed by atoms with van der Waals surface area (Å²) < 4.78 is 37.5. The molecule has 0 atom stereocenters. The fraction of sp³-hybridized carbons (Fsp3) is 0.316. The van der Waals surface area contributed by atoms with E-state index >= 15 is 0 Å². The highest BCUT2D eigenvalue weighted by molar-refractivity contribution is 7.89. The molecule has 1 saturated heterocycles. The van der Waals surface area contributed by atoms with Gasteiger partial charge in [-0.25, -0.2) is 8.42 Å². The Kier molecular flexibility index (Phi) is 6.56. The average Bonchev–Trinajstić information content (AvgIpc) is 2.73. The van der Waals surface area contributed by atoms with E-state index in [1.165, 1.54) is 29.6 Å². The Morgan fingerprint density at radius 3 is 2.61 bits per heavy atom. The lowest BCUT2D eigenvalue weighted by atomic mass is 10.1. The zero-order valence-electron chi connectivity index (χ0n) is 15.4. The predicted molar refractivity (Wildman–Crippen MR) is 105 cm³/mol. The van der Waals surface area contributed by atoms with Gasteiger partial charge in [-0.05, 0) is 29.8 Å². The number of ether oxygens (including phenoxy) is 2. The van der Waals surface area contributed by atoms with Crippen molar-refractivity contribution >= 4 is 27.5 Å². The molecule has 0 radical (unpaired) electrons. The van der Waals surface area contributed by atoms with Crippen molar-refractivity contribution in [1.29, 1.82) is 0 Å². The minimum absolute atomic E-state index is 0.0399. The summed E-state index contributed by atoms with van der Waals surface area (Å²) >= 11 is 6.11. The average molecular weight is 425 g/mol. The molecule has 1 aliphatic rings. The maximum atomic E-state index is 12.9. The van der Waals surface area contributed by atoms with E-state index < -0.39 is 15.9 Å². The molecule has 0 saturated carbocycles. The van der Waals surface area contributed by atoms with Gasteiger partial charge in [-0.15, -0.1) is 0 Å². The monoisotopic (exact) mass is 424 g/mol. The molecular formula is C19H21ClN2O5S. The zero-order valence-corrected chi connectivity index (χ0v) is 16.9. The van der Waals surface area contributed by atoms with Crippen LogP contribution in [-0.4, -0.2) is 52.0 Å². The largest absolute Gasteiger partial charge is 0.496 e. The van der Waals surface area contributed by atoms with Gasteiger partial charge in [0.25, 0.3) is 5.91 Å². The predicted octanol–water partition coefficient (Wildman–Crippen LogP) is 2.30. The quantitative estimate of drug-likeness (QED) is 0.769. The first-order chi connectivity index (χ1) is 13.4. The van der Waals surface area contributed by atoms with Gasteiger partial charge in [0.1, 0.15) is 5.75 Å². The molecule has 0 bridgehead atoms. The molecule has 150 valence electrons. The highest BCUT2D eigenvalue weighted by Gasteiger charge is 2.28. The summed E-state index contributed by atoms with van der Waals surface area (Å²) in [6.45, 7) is 1.47. The van der Waals surface area contributed by atoms with E-state index in [0.29, 0.717) is 18.2 Å². The van der Waals surface area contributed by atoms with Gasteiger partial charge in [0.2, 0.25) is 10.0 Å². The second-order valence-electron chi connectivity index (χ2n) is 6.15. The van der Waals surface area contributed by atoms with Crippen molar-refractivity contribution in [3.05, 3.63) is 58.6 Å². The molecule has 0 unspecified atom stereocenters. The van der Waals surface area contributed by atoms with Crippen LogP contribution in [0.25, 0.3) is 0 Å². The fourth-order valence-electron chi connectivity index (χ4n) is 2.87. The Morgan fingerprint density at radius 1 is 1.21 bits per heavy atom. The van der Waals surface area contributed by atoms with Crippen LogP contribution in [0.3, 0.4) is 0 Å². The molecule has 1 aliphatic heterocycles. The van der Waals surface area contributed by atoms with Crippen molar-refractivity contribution < 1.29 is 22.7 Å². The van der Waals surface area contributed by atoms with Crippen LogP contribution >= 0.6 is 11.6 Å². The number of benzene rings is 2. The number of nitrogens with zero attached hydrogens (tertiary/aromatic N) is 1. The Balaban J connectivity index is 1.84. The topological polar surface area (TPSA) is 84.9 Å². The lowest BCUT2D eigenvalue weighted by Crippen LogP contribution is -2.40. The lowest BCUT2D eigenvalue weighted by molar-refractivity contribution is 0.0730.